The molecule has 1 heterocycles. The van der Waals surface area contributed by atoms with Crippen LogP contribution in [0.15, 0.2) is 29.6 Å². The molecule has 0 saturated carbocycles. The van der Waals surface area contributed by atoms with Crippen molar-refractivity contribution < 1.29 is 4.74 Å². The first-order valence-corrected chi connectivity index (χ1v) is 6.84. The van der Waals surface area contributed by atoms with E-state index in [1.165, 1.54) is 11.1 Å². The lowest BCUT2D eigenvalue weighted by Crippen LogP contribution is -2.12. The third-order valence-electron chi connectivity index (χ3n) is 2.61. The molecule has 2 aromatic rings. The molecule has 18 heavy (non-hydrogen) atoms. The van der Waals surface area contributed by atoms with Crippen LogP contribution in [0.5, 0.6) is 0 Å². The molecular formula is C14H18N2OS. The van der Waals surface area contributed by atoms with Crippen molar-refractivity contribution in [3.63, 3.8) is 0 Å². The zero-order valence-corrected chi connectivity index (χ0v) is 11.6. The molecule has 0 amide bonds. The normalized spacial score (nSPS) is 10.8. The van der Waals surface area contributed by atoms with Gasteiger partial charge in [0.1, 0.15) is 5.01 Å². The fourth-order valence-electron chi connectivity index (χ4n) is 1.72. The van der Waals surface area contributed by atoms with Crippen LogP contribution in [0.2, 0.25) is 0 Å². The lowest BCUT2D eigenvalue weighted by atomic mass is 10.1. The number of nitrogens with one attached hydrogen (secondary N) is 1. The topological polar surface area (TPSA) is 34.1 Å². The van der Waals surface area contributed by atoms with Crippen LogP contribution in [0.1, 0.15) is 21.8 Å². The summed E-state index contributed by atoms with van der Waals surface area (Å²) in [4.78, 5) is 4.42. The highest BCUT2D eigenvalue weighted by Crippen LogP contribution is 2.09. The number of hydrogen-bond acceptors (Lipinski definition) is 4. The van der Waals surface area contributed by atoms with E-state index in [0.717, 1.165) is 23.8 Å². The van der Waals surface area contributed by atoms with E-state index in [1.54, 1.807) is 18.4 Å². The zero-order valence-electron chi connectivity index (χ0n) is 10.8. The number of thiazole rings is 1. The van der Waals surface area contributed by atoms with Crippen molar-refractivity contribution in [2.45, 2.75) is 26.6 Å². The lowest BCUT2D eigenvalue weighted by molar-refractivity contribution is 0.185. The number of ether oxygens (including phenoxy) is 1. The van der Waals surface area contributed by atoms with Gasteiger partial charge in [0, 0.05) is 31.3 Å². The van der Waals surface area contributed by atoms with Gasteiger partial charge in [0.25, 0.3) is 0 Å². The van der Waals surface area contributed by atoms with Gasteiger partial charge in [0.05, 0.1) is 6.61 Å². The van der Waals surface area contributed by atoms with Gasteiger partial charge in [-0.1, -0.05) is 24.3 Å². The second-order valence-corrected chi connectivity index (χ2v) is 5.18. The summed E-state index contributed by atoms with van der Waals surface area (Å²) in [6.45, 7) is 4.39. The highest BCUT2D eigenvalue weighted by atomic mass is 32.1. The Morgan fingerprint density at radius 1 is 1.17 bits per heavy atom. The fraction of sp³-hybridized carbons (Fsp3) is 0.357. The second kappa shape index (κ2) is 6.64. The van der Waals surface area contributed by atoms with Crippen LogP contribution >= 0.6 is 11.3 Å². The number of methoxy groups -OCH3 is 1. The van der Waals surface area contributed by atoms with Crippen molar-refractivity contribution >= 4 is 11.3 Å². The minimum Gasteiger partial charge on any atom is -0.380 e. The van der Waals surface area contributed by atoms with Crippen molar-refractivity contribution in [3.8, 4) is 0 Å². The van der Waals surface area contributed by atoms with Gasteiger partial charge in [-0.05, 0) is 18.1 Å². The van der Waals surface area contributed by atoms with E-state index in [4.69, 9.17) is 4.74 Å². The third kappa shape index (κ3) is 3.91. The van der Waals surface area contributed by atoms with Gasteiger partial charge in [-0.3, -0.25) is 0 Å². The summed E-state index contributed by atoms with van der Waals surface area (Å²) in [5, 5.41) is 6.62. The third-order valence-corrected chi connectivity index (χ3v) is 3.57. The standard InChI is InChI=1S/C14H18N2OS/c1-11-10-18-14(16-11)8-15-7-12-3-5-13(6-4-12)9-17-2/h3-6,10,15H,7-9H2,1-2H3. The molecule has 0 atom stereocenters. The van der Waals surface area contributed by atoms with E-state index in [9.17, 15) is 0 Å². The average Bonchev–Trinajstić information content (AvgIpc) is 2.78. The van der Waals surface area contributed by atoms with E-state index in [2.05, 4.69) is 39.9 Å². The second-order valence-electron chi connectivity index (χ2n) is 4.24. The van der Waals surface area contributed by atoms with E-state index in [1.807, 2.05) is 6.92 Å². The Balaban J connectivity index is 1.79. The SMILES string of the molecule is COCc1ccc(CNCc2nc(C)cs2)cc1. The summed E-state index contributed by atoms with van der Waals surface area (Å²) < 4.78 is 5.09. The Hall–Kier alpha value is -1.23. The van der Waals surface area contributed by atoms with Gasteiger partial charge in [-0.15, -0.1) is 11.3 Å². The first-order valence-electron chi connectivity index (χ1n) is 5.96. The number of aromatic nitrogens is 1. The first-order chi connectivity index (χ1) is 8.78. The predicted octanol–water partition coefficient (Wildman–Crippen LogP) is 2.89. The molecule has 1 aromatic heterocycles. The zero-order chi connectivity index (χ0) is 12.8. The quantitative estimate of drug-likeness (QED) is 0.869. The smallest absolute Gasteiger partial charge is 0.107 e. The van der Waals surface area contributed by atoms with Crippen LogP contribution in [0, 0.1) is 6.92 Å². The summed E-state index contributed by atoms with van der Waals surface area (Å²) >= 11 is 1.70. The molecule has 0 unspecified atom stereocenters. The van der Waals surface area contributed by atoms with Gasteiger partial charge >= 0.3 is 0 Å². The molecule has 4 heteroatoms. The first kappa shape index (κ1) is 13.2. The van der Waals surface area contributed by atoms with Crippen LogP contribution in [0.25, 0.3) is 0 Å². The van der Waals surface area contributed by atoms with E-state index >= 15 is 0 Å². The summed E-state index contributed by atoms with van der Waals surface area (Å²) in [6.07, 6.45) is 0. The summed E-state index contributed by atoms with van der Waals surface area (Å²) in [7, 11) is 1.71. The number of rotatable bonds is 6. The number of nitrogens with zero attached hydrogens (tertiary/aromatic N) is 1. The molecule has 0 radical (unpaired) electrons. The predicted molar refractivity (Wildman–Crippen MR) is 74.5 cm³/mol. The maximum Gasteiger partial charge on any atom is 0.107 e. The molecule has 3 nitrogen and oxygen atoms in total. The molecule has 0 fully saturated rings. The molecule has 2 rings (SSSR count). The molecule has 1 aromatic carbocycles. The monoisotopic (exact) mass is 262 g/mol. The number of aryl methyl sites for hydroxylation is 1. The van der Waals surface area contributed by atoms with Crippen LogP contribution in [-0.2, 0) is 24.4 Å². The van der Waals surface area contributed by atoms with Crippen LogP contribution < -0.4 is 5.32 Å². The Morgan fingerprint density at radius 2 is 1.89 bits per heavy atom. The van der Waals surface area contributed by atoms with Crippen molar-refractivity contribution in [1.29, 1.82) is 0 Å². The van der Waals surface area contributed by atoms with Crippen molar-refractivity contribution in [2.75, 3.05) is 7.11 Å². The molecule has 1 N–H and O–H groups in total. The number of benzene rings is 1. The van der Waals surface area contributed by atoms with Gasteiger partial charge in [-0.25, -0.2) is 4.98 Å². The van der Waals surface area contributed by atoms with Crippen LogP contribution in [0.3, 0.4) is 0 Å². The number of hydrogen-bond donors (Lipinski definition) is 1. The Labute approximate surface area is 112 Å². The fourth-order valence-corrected chi connectivity index (χ4v) is 2.46. The summed E-state index contributed by atoms with van der Waals surface area (Å²) in [5.74, 6) is 0. The summed E-state index contributed by atoms with van der Waals surface area (Å²) in [5.41, 5.74) is 3.58. The van der Waals surface area contributed by atoms with E-state index < -0.39 is 0 Å². The van der Waals surface area contributed by atoms with Gasteiger partial charge in [-0.2, -0.15) is 0 Å². The maximum atomic E-state index is 5.09. The largest absolute Gasteiger partial charge is 0.380 e. The minimum absolute atomic E-state index is 0.673. The van der Waals surface area contributed by atoms with E-state index in [-0.39, 0.29) is 0 Å². The molecule has 0 aliphatic rings. The highest BCUT2D eigenvalue weighted by molar-refractivity contribution is 7.09. The Kier molecular flexibility index (Phi) is 4.87. The molecular weight excluding hydrogens is 244 g/mol. The van der Waals surface area contributed by atoms with Crippen LogP contribution in [0.4, 0.5) is 0 Å². The molecule has 0 aliphatic heterocycles. The molecule has 0 bridgehead atoms. The van der Waals surface area contributed by atoms with Gasteiger partial charge in [0.2, 0.25) is 0 Å². The average molecular weight is 262 g/mol. The highest BCUT2D eigenvalue weighted by Gasteiger charge is 1.98. The van der Waals surface area contributed by atoms with Gasteiger partial charge in [0.15, 0.2) is 0 Å². The molecule has 96 valence electrons. The van der Waals surface area contributed by atoms with Crippen LogP contribution in [-0.4, -0.2) is 12.1 Å². The molecule has 0 spiro atoms. The van der Waals surface area contributed by atoms with Crippen molar-refractivity contribution in [1.82, 2.24) is 10.3 Å². The maximum absolute atomic E-state index is 5.09. The minimum atomic E-state index is 0.673. The molecule has 0 saturated heterocycles. The summed E-state index contributed by atoms with van der Waals surface area (Å²) in [6, 6.07) is 8.48. The lowest BCUT2D eigenvalue weighted by Gasteiger charge is -2.04. The Morgan fingerprint density at radius 3 is 2.50 bits per heavy atom. The Bertz CT molecular complexity index is 479. The van der Waals surface area contributed by atoms with Crippen molar-refractivity contribution in [3.05, 3.63) is 51.5 Å². The van der Waals surface area contributed by atoms with E-state index in [0.29, 0.717) is 6.61 Å². The van der Waals surface area contributed by atoms with Gasteiger partial charge < -0.3 is 10.1 Å². The van der Waals surface area contributed by atoms with Crippen molar-refractivity contribution in [2.24, 2.45) is 0 Å². The molecule has 0 aliphatic carbocycles.